The first kappa shape index (κ1) is 15.8. The van der Waals surface area contributed by atoms with Crippen molar-refractivity contribution >= 4 is 5.82 Å². The Bertz CT molecular complexity index is 925. The zero-order valence-corrected chi connectivity index (χ0v) is 15.1. The summed E-state index contributed by atoms with van der Waals surface area (Å²) in [4.78, 5) is 9.09. The van der Waals surface area contributed by atoms with Gasteiger partial charge in [-0.05, 0) is 42.9 Å². The van der Waals surface area contributed by atoms with Crippen molar-refractivity contribution in [3.8, 4) is 5.82 Å². The van der Waals surface area contributed by atoms with Crippen molar-refractivity contribution in [1.29, 1.82) is 0 Å². The Morgan fingerprint density at radius 2 is 1.96 bits per heavy atom. The standard InChI is InChI=1S/C20H23N5/c1-13-9-14(2)25(24-13)19-12-21-11-18(23-19)22-17-10-20(3,4)16-8-6-5-7-15(16)17/h5-9,11-12,17H,10H2,1-4H3,(H,22,23). The molecule has 1 atom stereocenters. The summed E-state index contributed by atoms with van der Waals surface area (Å²) in [6.07, 6.45) is 4.57. The van der Waals surface area contributed by atoms with Crippen LogP contribution in [0.3, 0.4) is 0 Å². The van der Waals surface area contributed by atoms with E-state index in [9.17, 15) is 0 Å². The fourth-order valence-electron chi connectivity index (χ4n) is 3.84. The number of nitrogens with zero attached hydrogens (tertiary/aromatic N) is 4. The molecule has 0 saturated carbocycles. The molecule has 3 aromatic rings. The lowest BCUT2D eigenvalue weighted by Crippen LogP contribution is -2.15. The van der Waals surface area contributed by atoms with Gasteiger partial charge in [0.05, 0.1) is 24.1 Å². The van der Waals surface area contributed by atoms with E-state index in [1.165, 1.54) is 11.1 Å². The Balaban J connectivity index is 1.65. The smallest absolute Gasteiger partial charge is 0.174 e. The zero-order chi connectivity index (χ0) is 17.6. The average Bonchev–Trinajstić information content (AvgIpc) is 3.04. The third-order valence-electron chi connectivity index (χ3n) is 4.95. The molecule has 1 aliphatic rings. The second-order valence-corrected chi connectivity index (χ2v) is 7.47. The SMILES string of the molecule is Cc1cc(C)n(-c2cncc(NC3CC(C)(C)c4ccccc43)n2)n1. The van der Waals surface area contributed by atoms with Crippen LogP contribution in [0.25, 0.3) is 5.82 Å². The number of rotatable bonds is 3. The topological polar surface area (TPSA) is 55.6 Å². The Morgan fingerprint density at radius 1 is 1.16 bits per heavy atom. The predicted molar refractivity (Wildman–Crippen MR) is 99.1 cm³/mol. The summed E-state index contributed by atoms with van der Waals surface area (Å²) in [6, 6.07) is 10.9. The lowest BCUT2D eigenvalue weighted by atomic mass is 9.86. The molecule has 1 unspecified atom stereocenters. The highest BCUT2D eigenvalue weighted by Gasteiger charge is 2.36. The van der Waals surface area contributed by atoms with E-state index in [4.69, 9.17) is 4.98 Å². The highest BCUT2D eigenvalue weighted by atomic mass is 15.3. The Labute approximate surface area is 148 Å². The second kappa shape index (κ2) is 5.69. The highest BCUT2D eigenvalue weighted by Crippen LogP contribution is 2.45. The number of hydrogen-bond acceptors (Lipinski definition) is 4. The number of nitrogens with one attached hydrogen (secondary N) is 1. The fourth-order valence-corrected chi connectivity index (χ4v) is 3.84. The molecule has 1 aromatic carbocycles. The molecule has 5 heteroatoms. The molecule has 5 nitrogen and oxygen atoms in total. The maximum Gasteiger partial charge on any atom is 0.174 e. The molecule has 0 aliphatic heterocycles. The number of aromatic nitrogens is 4. The van der Waals surface area contributed by atoms with Crippen molar-refractivity contribution < 1.29 is 0 Å². The maximum absolute atomic E-state index is 4.73. The fraction of sp³-hybridized carbons (Fsp3) is 0.350. The highest BCUT2D eigenvalue weighted by molar-refractivity contribution is 5.47. The van der Waals surface area contributed by atoms with Gasteiger partial charge in [-0.15, -0.1) is 0 Å². The molecular formula is C20H23N5. The molecule has 2 heterocycles. The van der Waals surface area contributed by atoms with Crippen LogP contribution in [0.1, 0.15) is 48.8 Å². The molecule has 0 bridgehead atoms. The molecule has 1 N–H and O–H groups in total. The zero-order valence-electron chi connectivity index (χ0n) is 15.1. The second-order valence-electron chi connectivity index (χ2n) is 7.47. The summed E-state index contributed by atoms with van der Waals surface area (Å²) >= 11 is 0. The van der Waals surface area contributed by atoms with Gasteiger partial charge in [0, 0.05) is 5.69 Å². The van der Waals surface area contributed by atoms with Crippen LogP contribution in [0.2, 0.25) is 0 Å². The number of fused-ring (bicyclic) bond motifs is 1. The molecule has 2 aromatic heterocycles. The molecule has 4 rings (SSSR count). The lowest BCUT2D eigenvalue weighted by molar-refractivity contribution is 0.493. The van der Waals surface area contributed by atoms with Crippen LogP contribution < -0.4 is 5.32 Å². The van der Waals surface area contributed by atoms with Crippen LogP contribution in [-0.2, 0) is 5.41 Å². The van der Waals surface area contributed by atoms with E-state index in [0.717, 1.165) is 29.4 Å². The Hall–Kier alpha value is -2.69. The van der Waals surface area contributed by atoms with Crippen molar-refractivity contribution in [3.63, 3.8) is 0 Å². The van der Waals surface area contributed by atoms with E-state index in [1.807, 2.05) is 24.6 Å². The average molecular weight is 333 g/mol. The molecular weight excluding hydrogens is 310 g/mol. The normalized spacial score (nSPS) is 18.2. The van der Waals surface area contributed by atoms with Gasteiger partial charge in [-0.2, -0.15) is 5.10 Å². The quantitative estimate of drug-likeness (QED) is 0.783. The van der Waals surface area contributed by atoms with E-state index >= 15 is 0 Å². The summed E-state index contributed by atoms with van der Waals surface area (Å²) < 4.78 is 1.83. The minimum absolute atomic E-state index is 0.162. The van der Waals surface area contributed by atoms with Crippen molar-refractivity contribution in [2.45, 2.75) is 45.6 Å². The molecule has 0 amide bonds. The molecule has 0 saturated heterocycles. The minimum Gasteiger partial charge on any atom is -0.362 e. The van der Waals surface area contributed by atoms with Crippen LogP contribution in [0.5, 0.6) is 0 Å². The van der Waals surface area contributed by atoms with Crippen molar-refractivity contribution in [1.82, 2.24) is 19.7 Å². The van der Waals surface area contributed by atoms with Gasteiger partial charge >= 0.3 is 0 Å². The van der Waals surface area contributed by atoms with Crippen LogP contribution in [0.15, 0.2) is 42.7 Å². The molecule has 128 valence electrons. The number of hydrogen-bond donors (Lipinski definition) is 1. The van der Waals surface area contributed by atoms with E-state index in [1.54, 1.807) is 12.4 Å². The monoisotopic (exact) mass is 333 g/mol. The molecule has 0 fully saturated rings. The van der Waals surface area contributed by atoms with Crippen LogP contribution in [0, 0.1) is 13.8 Å². The summed E-state index contributed by atoms with van der Waals surface area (Å²) in [7, 11) is 0. The van der Waals surface area contributed by atoms with Crippen LogP contribution in [0.4, 0.5) is 5.82 Å². The largest absolute Gasteiger partial charge is 0.362 e. The minimum atomic E-state index is 0.162. The molecule has 0 spiro atoms. The number of aryl methyl sites for hydroxylation is 2. The first-order chi connectivity index (χ1) is 11.9. The van der Waals surface area contributed by atoms with Gasteiger partial charge in [0.2, 0.25) is 0 Å². The van der Waals surface area contributed by atoms with Crippen molar-refractivity contribution in [2.75, 3.05) is 5.32 Å². The predicted octanol–water partition coefficient (Wildman–Crippen LogP) is 4.11. The van der Waals surface area contributed by atoms with Gasteiger partial charge < -0.3 is 5.32 Å². The van der Waals surface area contributed by atoms with Crippen LogP contribution >= 0.6 is 0 Å². The first-order valence-electron chi connectivity index (χ1n) is 8.66. The molecule has 0 radical (unpaired) electrons. The van der Waals surface area contributed by atoms with E-state index in [0.29, 0.717) is 0 Å². The summed E-state index contributed by atoms with van der Waals surface area (Å²) in [5.74, 6) is 1.52. The molecule has 25 heavy (non-hydrogen) atoms. The van der Waals surface area contributed by atoms with Gasteiger partial charge in [-0.1, -0.05) is 38.1 Å². The van der Waals surface area contributed by atoms with Crippen molar-refractivity contribution in [3.05, 3.63) is 65.2 Å². The van der Waals surface area contributed by atoms with Gasteiger partial charge in [0.25, 0.3) is 0 Å². The molecule has 1 aliphatic carbocycles. The van der Waals surface area contributed by atoms with Gasteiger partial charge in [0.15, 0.2) is 5.82 Å². The Morgan fingerprint density at radius 3 is 2.72 bits per heavy atom. The number of benzene rings is 1. The summed E-state index contributed by atoms with van der Waals surface area (Å²) in [5.41, 5.74) is 4.95. The van der Waals surface area contributed by atoms with Gasteiger partial charge in [0.1, 0.15) is 5.82 Å². The third-order valence-corrected chi connectivity index (χ3v) is 4.95. The van der Waals surface area contributed by atoms with Crippen LogP contribution in [-0.4, -0.2) is 19.7 Å². The lowest BCUT2D eigenvalue weighted by Gasteiger charge is -2.19. The maximum atomic E-state index is 4.73. The first-order valence-corrected chi connectivity index (χ1v) is 8.66. The van der Waals surface area contributed by atoms with Gasteiger partial charge in [-0.25, -0.2) is 9.67 Å². The van der Waals surface area contributed by atoms with E-state index in [2.05, 4.69) is 53.5 Å². The summed E-state index contributed by atoms with van der Waals surface area (Å²) in [6.45, 7) is 8.60. The van der Waals surface area contributed by atoms with E-state index in [-0.39, 0.29) is 11.5 Å². The van der Waals surface area contributed by atoms with E-state index < -0.39 is 0 Å². The third kappa shape index (κ3) is 2.80. The van der Waals surface area contributed by atoms with Gasteiger partial charge in [-0.3, -0.25) is 4.98 Å². The number of anilines is 1. The van der Waals surface area contributed by atoms with Crippen molar-refractivity contribution in [2.24, 2.45) is 0 Å². The summed E-state index contributed by atoms with van der Waals surface area (Å²) in [5, 5.41) is 8.07. The Kier molecular flexibility index (Phi) is 3.60.